The predicted octanol–water partition coefficient (Wildman–Crippen LogP) is 3.80. The maximum Gasteiger partial charge on any atom is 0.187 e. The van der Waals surface area contributed by atoms with Gasteiger partial charge in [0.2, 0.25) is 0 Å². The molecule has 106 valence electrons. The van der Waals surface area contributed by atoms with Gasteiger partial charge in [-0.25, -0.2) is 0 Å². The van der Waals surface area contributed by atoms with E-state index in [-0.39, 0.29) is 11.6 Å². The van der Waals surface area contributed by atoms with Crippen LogP contribution in [0.1, 0.15) is 44.6 Å². The molecule has 0 aliphatic heterocycles. The fourth-order valence-electron chi connectivity index (χ4n) is 2.16. The van der Waals surface area contributed by atoms with E-state index in [0.717, 1.165) is 5.56 Å². The van der Waals surface area contributed by atoms with Crippen LogP contribution in [0.25, 0.3) is 6.08 Å². The van der Waals surface area contributed by atoms with Crippen molar-refractivity contribution in [1.82, 2.24) is 4.98 Å². The largest absolute Gasteiger partial charge is 0.294 e. The highest BCUT2D eigenvalue weighted by Gasteiger charge is 2.13. The molecule has 1 aromatic carbocycles. The minimum atomic E-state index is -0.147. The standard InChI is InChI=1S/C18H17NO2/c1-12-16(14(3)20)11-17(13(2)19-12)18(21)10-9-15-7-5-4-6-8-15/h4-11H,1-3H3/b10-9+. The molecule has 0 amide bonds. The number of carbonyl (C=O) groups is 2. The zero-order valence-corrected chi connectivity index (χ0v) is 12.4. The van der Waals surface area contributed by atoms with Gasteiger partial charge in [0, 0.05) is 22.5 Å². The van der Waals surface area contributed by atoms with E-state index in [1.807, 2.05) is 30.3 Å². The fourth-order valence-corrected chi connectivity index (χ4v) is 2.16. The SMILES string of the molecule is CC(=O)c1cc(C(=O)/C=C/c2ccccc2)c(C)nc1C. The molecule has 0 radical (unpaired) electrons. The maximum absolute atomic E-state index is 12.3. The van der Waals surface area contributed by atoms with Crippen LogP contribution in [-0.4, -0.2) is 16.6 Å². The number of ketones is 2. The van der Waals surface area contributed by atoms with Crippen LogP contribution in [-0.2, 0) is 0 Å². The topological polar surface area (TPSA) is 47.0 Å². The Morgan fingerprint density at radius 2 is 1.62 bits per heavy atom. The van der Waals surface area contributed by atoms with Crippen LogP contribution in [0.15, 0.2) is 42.5 Å². The Balaban J connectivity index is 2.33. The molecule has 3 heteroatoms. The van der Waals surface area contributed by atoms with Crippen molar-refractivity contribution in [3.63, 3.8) is 0 Å². The molecular weight excluding hydrogens is 262 g/mol. The van der Waals surface area contributed by atoms with Crippen molar-refractivity contribution in [2.75, 3.05) is 0 Å². The van der Waals surface area contributed by atoms with Crippen LogP contribution in [0, 0.1) is 13.8 Å². The molecule has 0 bridgehead atoms. The second-order valence-electron chi connectivity index (χ2n) is 4.92. The molecule has 0 aliphatic rings. The first kappa shape index (κ1) is 14.9. The normalized spacial score (nSPS) is 10.8. The molecule has 0 aliphatic carbocycles. The summed E-state index contributed by atoms with van der Waals surface area (Å²) < 4.78 is 0. The number of hydrogen-bond donors (Lipinski definition) is 0. The van der Waals surface area contributed by atoms with E-state index in [0.29, 0.717) is 22.5 Å². The van der Waals surface area contributed by atoms with E-state index in [9.17, 15) is 9.59 Å². The Hall–Kier alpha value is -2.55. The summed E-state index contributed by atoms with van der Waals surface area (Å²) in [5, 5.41) is 0. The summed E-state index contributed by atoms with van der Waals surface area (Å²) in [5.74, 6) is -0.229. The molecule has 1 heterocycles. The molecule has 0 unspecified atom stereocenters. The molecule has 0 saturated carbocycles. The van der Waals surface area contributed by atoms with Crippen molar-refractivity contribution in [1.29, 1.82) is 0 Å². The number of aromatic nitrogens is 1. The molecule has 0 fully saturated rings. The Kier molecular flexibility index (Phi) is 4.43. The predicted molar refractivity (Wildman–Crippen MR) is 83.5 cm³/mol. The van der Waals surface area contributed by atoms with Gasteiger partial charge in [-0.1, -0.05) is 36.4 Å². The summed E-state index contributed by atoms with van der Waals surface area (Å²) in [7, 11) is 0. The molecule has 0 atom stereocenters. The number of benzene rings is 1. The quantitative estimate of drug-likeness (QED) is 0.631. The maximum atomic E-state index is 12.3. The van der Waals surface area contributed by atoms with Crippen LogP contribution >= 0.6 is 0 Å². The highest BCUT2D eigenvalue weighted by molar-refractivity contribution is 6.09. The lowest BCUT2D eigenvalue weighted by Gasteiger charge is -2.07. The van der Waals surface area contributed by atoms with Crippen LogP contribution in [0.5, 0.6) is 0 Å². The highest BCUT2D eigenvalue weighted by atomic mass is 16.1. The van der Waals surface area contributed by atoms with Crippen molar-refractivity contribution in [3.05, 3.63) is 70.6 Å². The Bertz CT molecular complexity index is 715. The van der Waals surface area contributed by atoms with Crippen LogP contribution < -0.4 is 0 Å². The lowest BCUT2D eigenvalue weighted by Crippen LogP contribution is -2.07. The third-order valence-corrected chi connectivity index (χ3v) is 3.28. The van der Waals surface area contributed by atoms with Crippen molar-refractivity contribution in [2.45, 2.75) is 20.8 Å². The van der Waals surface area contributed by atoms with E-state index < -0.39 is 0 Å². The van der Waals surface area contributed by atoms with Gasteiger partial charge in [-0.05, 0) is 38.5 Å². The number of rotatable bonds is 4. The molecule has 21 heavy (non-hydrogen) atoms. The summed E-state index contributed by atoms with van der Waals surface area (Å²) in [6.07, 6.45) is 3.27. The molecule has 3 nitrogen and oxygen atoms in total. The monoisotopic (exact) mass is 279 g/mol. The highest BCUT2D eigenvalue weighted by Crippen LogP contribution is 2.15. The fraction of sp³-hybridized carbons (Fsp3) is 0.167. The number of aryl methyl sites for hydroxylation is 2. The Morgan fingerprint density at radius 3 is 2.24 bits per heavy atom. The second kappa shape index (κ2) is 6.27. The second-order valence-corrected chi connectivity index (χ2v) is 4.92. The van der Waals surface area contributed by atoms with Gasteiger partial charge in [-0.2, -0.15) is 0 Å². The van der Waals surface area contributed by atoms with Crippen molar-refractivity contribution in [2.24, 2.45) is 0 Å². The molecule has 2 aromatic rings. The van der Waals surface area contributed by atoms with E-state index in [1.165, 1.54) is 13.0 Å². The van der Waals surface area contributed by atoms with E-state index in [1.54, 1.807) is 26.0 Å². The van der Waals surface area contributed by atoms with Gasteiger partial charge in [-0.3, -0.25) is 14.6 Å². The number of Topliss-reactive ketones (excluding diaryl/α,β-unsaturated/α-hetero) is 1. The van der Waals surface area contributed by atoms with Gasteiger partial charge in [0.15, 0.2) is 11.6 Å². The molecule has 1 aromatic heterocycles. The summed E-state index contributed by atoms with van der Waals surface area (Å²) in [6, 6.07) is 11.2. The number of carbonyl (C=O) groups excluding carboxylic acids is 2. The van der Waals surface area contributed by atoms with Crippen LogP contribution in [0.2, 0.25) is 0 Å². The number of pyridine rings is 1. The lowest BCUT2D eigenvalue weighted by atomic mass is 10.0. The van der Waals surface area contributed by atoms with Crippen molar-refractivity contribution in [3.8, 4) is 0 Å². The number of allylic oxidation sites excluding steroid dienone is 1. The summed E-state index contributed by atoms with van der Waals surface area (Å²) in [6.45, 7) is 5.03. The van der Waals surface area contributed by atoms with E-state index in [4.69, 9.17) is 0 Å². The van der Waals surface area contributed by atoms with Gasteiger partial charge in [0.05, 0.1) is 0 Å². The molecule has 2 rings (SSSR count). The van der Waals surface area contributed by atoms with Gasteiger partial charge < -0.3 is 0 Å². The summed E-state index contributed by atoms with van der Waals surface area (Å²) >= 11 is 0. The summed E-state index contributed by atoms with van der Waals surface area (Å²) in [4.78, 5) is 28.1. The van der Waals surface area contributed by atoms with E-state index >= 15 is 0 Å². The van der Waals surface area contributed by atoms with E-state index in [2.05, 4.69) is 4.98 Å². The average molecular weight is 279 g/mol. The average Bonchev–Trinajstić information content (AvgIpc) is 2.45. The zero-order valence-electron chi connectivity index (χ0n) is 12.4. The first-order chi connectivity index (χ1) is 9.99. The Morgan fingerprint density at radius 1 is 1.00 bits per heavy atom. The first-order valence-corrected chi connectivity index (χ1v) is 6.75. The van der Waals surface area contributed by atoms with Crippen molar-refractivity contribution < 1.29 is 9.59 Å². The Labute approximate surface area is 124 Å². The van der Waals surface area contributed by atoms with Gasteiger partial charge in [0.1, 0.15) is 0 Å². The smallest absolute Gasteiger partial charge is 0.187 e. The lowest BCUT2D eigenvalue weighted by molar-refractivity contribution is 0.101. The third-order valence-electron chi connectivity index (χ3n) is 3.28. The summed E-state index contributed by atoms with van der Waals surface area (Å²) in [5.41, 5.74) is 3.22. The van der Waals surface area contributed by atoms with Crippen LogP contribution in [0.4, 0.5) is 0 Å². The minimum absolute atomic E-state index is 0.0823. The van der Waals surface area contributed by atoms with Gasteiger partial charge >= 0.3 is 0 Å². The molecule has 0 N–H and O–H groups in total. The first-order valence-electron chi connectivity index (χ1n) is 6.75. The third kappa shape index (κ3) is 3.51. The molecule has 0 saturated heterocycles. The zero-order chi connectivity index (χ0) is 15.4. The number of hydrogen-bond acceptors (Lipinski definition) is 3. The number of nitrogens with zero attached hydrogens (tertiary/aromatic N) is 1. The van der Waals surface area contributed by atoms with Crippen molar-refractivity contribution >= 4 is 17.6 Å². The van der Waals surface area contributed by atoms with Crippen LogP contribution in [0.3, 0.4) is 0 Å². The van der Waals surface area contributed by atoms with Gasteiger partial charge in [-0.15, -0.1) is 0 Å². The molecular formula is C18H17NO2. The minimum Gasteiger partial charge on any atom is -0.294 e. The molecule has 0 spiro atoms. The van der Waals surface area contributed by atoms with Gasteiger partial charge in [0.25, 0.3) is 0 Å².